The molecule has 1 heterocycles. The van der Waals surface area contributed by atoms with Crippen LogP contribution in [0.5, 0.6) is 0 Å². The molecule has 1 aromatic carbocycles. The highest BCUT2D eigenvalue weighted by molar-refractivity contribution is 5.83. The van der Waals surface area contributed by atoms with Gasteiger partial charge < -0.3 is 15.4 Å². The largest absolute Gasteiger partial charge is 0.377 e. The van der Waals surface area contributed by atoms with Gasteiger partial charge in [0.25, 0.3) is 0 Å². The predicted molar refractivity (Wildman–Crippen MR) is 108 cm³/mol. The maximum absolute atomic E-state index is 13.1. The summed E-state index contributed by atoms with van der Waals surface area (Å²) in [5.41, 5.74) is 8.75. The highest BCUT2D eigenvalue weighted by Crippen LogP contribution is 2.53. The Morgan fingerprint density at radius 3 is 2.70 bits per heavy atom. The van der Waals surface area contributed by atoms with Gasteiger partial charge in [0.2, 0.25) is 5.91 Å². The van der Waals surface area contributed by atoms with Crippen LogP contribution >= 0.6 is 0 Å². The highest BCUT2D eigenvalue weighted by Gasteiger charge is 2.50. The molecule has 5 unspecified atom stereocenters. The van der Waals surface area contributed by atoms with Crippen molar-refractivity contribution in [1.29, 1.82) is 0 Å². The molecule has 0 bridgehead atoms. The number of hydrogen-bond acceptors (Lipinski definition) is 3. The van der Waals surface area contributed by atoms with Gasteiger partial charge in [0.05, 0.1) is 6.10 Å². The van der Waals surface area contributed by atoms with Gasteiger partial charge in [0.1, 0.15) is 0 Å². The molecular formula is C23H32N2O2. The van der Waals surface area contributed by atoms with E-state index in [0.717, 1.165) is 51.6 Å². The van der Waals surface area contributed by atoms with Crippen LogP contribution < -0.4 is 5.73 Å². The zero-order valence-corrected chi connectivity index (χ0v) is 16.3. The molecule has 2 fully saturated rings. The van der Waals surface area contributed by atoms with Crippen LogP contribution in [-0.4, -0.2) is 43.2 Å². The van der Waals surface area contributed by atoms with Crippen molar-refractivity contribution in [3.05, 3.63) is 42.0 Å². The molecule has 4 rings (SSSR count). The maximum Gasteiger partial charge on any atom is 0.225 e. The van der Waals surface area contributed by atoms with Crippen molar-refractivity contribution in [2.45, 2.75) is 50.7 Å². The Kier molecular flexibility index (Phi) is 5.65. The third-order valence-electron chi connectivity index (χ3n) is 6.70. The molecule has 4 nitrogen and oxygen atoms in total. The van der Waals surface area contributed by atoms with Gasteiger partial charge in [-0.2, -0.15) is 0 Å². The van der Waals surface area contributed by atoms with Crippen LogP contribution in [0.25, 0.3) is 5.57 Å². The van der Waals surface area contributed by atoms with Gasteiger partial charge in [-0.1, -0.05) is 36.4 Å². The summed E-state index contributed by atoms with van der Waals surface area (Å²) in [4.78, 5) is 15.2. The number of benzene rings is 1. The first-order valence-electron chi connectivity index (χ1n) is 10.5. The van der Waals surface area contributed by atoms with Crippen molar-refractivity contribution >= 4 is 11.5 Å². The lowest BCUT2D eigenvalue weighted by molar-refractivity contribution is -0.133. The molecule has 3 aliphatic rings. The second-order valence-electron chi connectivity index (χ2n) is 8.47. The summed E-state index contributed by atoms with van der Waals surface area (Å²) in [7, 11) is 1.79. The van der Waals surface area contributed by atoms with Gasteiger partial charge in [-0.05, 0) is 61.5 Å². The third-order valence-corrected chi connectivity index (χ3v) is 6.70. The van der Waals surface area contributed by atoms with E-state index in [1.54, 1.807) is 7.11 Å². The van der Waals surface area contributed by atoms with Crippen LogP contribution in [0.1, 0.15) is 44.1 Å². The molecule has 1 saturated heterocycles. The number of allylic oxidation sites excluding steroid dienone is 1. The fraction of sp³-hybridized carbons (Fsp3) is 0.609. The average Bonchev–Trinajstić information content (AvgIpc) is 3.52. The summed E-state index contributed by atoms with van der Waals surface area (Å²) < 4.78 is 5.62. The lowest BCUT2D eigenvalue weighted by Crippen LogP contribution is -2.35. The standard InChI is InChI=1S/C23H32N2O2/c1-27-18-9-10-19(20(14-18)16-6-3-2-4-7-16)21-15-22(21)23(26)25-12-5-8-17(24)11-13-25/h2-4,6-7,14,17-19,21-22H,5,8-13,15,24H2,1H3. The van der Waals surface area contributed by atoms with Crippen LogP contribution in [0.3, 0.4) is 0 Å². The van der Waals surface area contributed by atoms with Gasteiger partial charge in [-0.15, -0.1) is 0 Å². The Labute approximate surface area is 162 Å². The van der Waals surface area contributed by atoms with Crippen molar-refractivity contribution in [2.24, 2.45) is 23.5 Å². The summed E-state index contributed by atoms with van der Waals surface area (Å²) in [5.74, 6) is 1.53. The summed E-state index contributed by atoms with van der Waals surface area (Å²) in [6, 6.07) is 10.9. The number of amides is 1. The fourth-order valence-electron chi connectivity index (χ4n) is 5.00. The van der Waals surface area contributed by atoms with E-state index in [0.29, 0.717) is 17.7 Å². The molecule has 1 aromatic rings. The molecule has 0 aromatic heterocycles. The number of ether oxygens (including phenoxy) is 1. The summed E-state index contributed by atoms with van der Waals surface area (Å²) in [6.07, 6.45) is 8.71. The molecule has 5 atom stereocenters. The van der Waals surface area contributed by atoms with Crippen LogP contribution in [0, 0.1) is 17.8 Å². The number of hydrogen-bond donors (Lipinski definition) is 1. The van der Waals surface area contributed by atoms with Gasteiger partial charge in [-0.3, -0.25) is 4.79 Å². The summed E-state index contributed by atoms with van der Waals surface area (Å²) >= 11 is 0. The smallest absolute Gasteiger partial charge is 0.225 e. The SMILES string of the molecule is COC1C=C(c2ccccc2)C(C2CC2C(=O)N2CCCC(N)CC2)CC1. The maximum atomic E-state index is 13.1. The number of likely N-dealkylation sites (tertiary alicyclic amines) is 1. The molecule has 146 valence electrons. The summed E-state index contributed by atoms with van der Waals surface area (Å²) in [6.45, 7) is 1.72. The van der Waals surface area contributed by atoms with Crippen molar-refractivity contribution in [2.75, 3.05) is 20.2 Å². The Hall–Kier alpha value is -1.65. The highest BCUT2D eigenvalue weighted by atomic mass is 16.5. The Morgan fingerprint density at radius 1 is 1.11 bits per heavy atom. The molecule has 27 heavy (non-hydrogen) atoms. The first-order valence-corrected chi connectivity index (χ1v) is 10.5. The molecule has 0 spiro atoms. The van der Waals surface area contributed by atoms with Crippen molar-refractivity contribution in [1.82, 2.24) is 4.90 Å². The minimum absolute atomic E-state index is 0.191. The molecule has 0 radical (unpaired) electrons. The van der Waals surface area contributed by atoms with Crippen molar-refractivity contribution in [3.63, 3.8) is 0 Å². The molecule has 2 aliphatic carbocycles. The first-order chi connectivity index (χ1) is 13.2. The van der Waals surface area contributed by atoms with Gasteiger partial charge in [0, 0.05) is 32.2 Å². The van der Waals surface area contributed by atoms with Crippen LogP contribution in [-0.2, 0) is 9.53 Å². The van der Waals surface area contributed by atoms with Gasteiger partial charge in [0.15, 0.2) is 0 Å². The van der Waals surface area contributed by atoms with E-state index in [1.807, 2.05) is 0 Å². The van der Waals surface area contributed by atoms with Gasteiger partial charge >= 0.3 is 0 Å². The van der Waals surface area contributed by atoms with E-state index < -0.39 is 0 Å². The van der Waals surface area contributed by atoms with Crippen molar-refractivity contribution in [3.8, 4) is 0 Å². The van der Waals surface area contributed by atoms with E-state index in [1.165, 1.54) is 11.1 Å². The number of nitrogens with two attached hydrogens (primary N) is 1. The predicted octanol–water partition coefficient (Wildman–Crippen LogP) is 3.47. The van der Waals surface area contributed by atoms with E-state index in [4.69, 9.17) is 10.5 Å². The molecule has 2 N–H and O–H groups in total. The van der Waals surface area contributed by atoms with E-state index >= 15 is 0 Å². The zero-order chi connectivity index (χ0) is 18.8. The normalized spacial score (nSPS) is 33.9. The molecule has 1 amide bonds. The van der Waals surface area contributed by atoms with Crippen LogP contribution in [0.2, 0.25) is 0 Å². The van der Waals surface area contributed by atoms with E-state index in [-0.39, 0.29) is 18.1 Å². The molecule has 4 heteroatoms. The topological polar surface area (TPSA) is 55.6 Å². The second kappa shape index (κ2) is 8.15. The number of carbonyl (C=O) groups is 1. The molecule has 1 aliphatic heterocycles. The minimum atomic E-state index is 0.191. The van der Waals surface area contributed by atoms with Gasteiger partial charge in [-0.25, -0.2) is 0 Å². The Morgan fingerprint density at radius 2 is 1.93 bits per heavy atom. The molecule has 1 saturated carbocycles. The Bertz CT molecular complexity index is 687. The molecular weight excluding hydrogens is 336 g/mol. The lowest BCUT2D eigenvalue weighted by Gasteiger charge is -2.29. The van der Waals surface area contributed by atoms with E-state index in [2.05, 4.69) is 41.3 Å². The van der Waals surface area contributed by atoms with E-state index in [9.17, 15) is 4.79 Å². The number of rotatable bonds is 4. The third kappa shape index (κ3) is 4.12. The number of nitrogens with zero attached hydrogens (tertiary/aromatic N) is 1. The number of carbonyl (C=O) groups excluding carboxylic acids is 1. The van der Waals surface area contributed by atoms with Crippen LogP contribution in [0.4, 0.5) is 0 Å². The minimum Gasteiger partial charge on any atom is -0.377 e. The van der Waals surface area contributed by atoms with Crippen LogP contribution in [0.15, 0.2) is 36.4 Å². The van der Waals surface area contributed by atoms with Crippen molar-refractivity contribution < 1.29 is 9.53 Å². The lowest BCUT2D eigenvalue weighted by atomic mass is 9.79. The second-order valence-corrected chi connectivity index (χ2v) is 8.47. The monoisotopic (exact) mass is 368 g/mol. The quantitative estimate of drug-likeness (QED) is 0.885. The number of methoxy groups -OCH3 is 1. The summed E-state index contributed by atoms with van der Waals surface area (Å²) in [5, 5.41) is 0. The first kappa shape index (κ1) is 18.7. The zero-order valence-electron chi connectivity index (χ0n) is 16.3. The average molecular weight is 369 g/mol. The Balaban J connectivity index is 1.47. The fourth-order valence-corrected chi connectivity index (χ4v) is 5.00.